The number of piperazine rings is 1. The van der Waals surface area contributed by atoms with Crippen LogP contribution in [0.5, 0.6) is 5.75 Å². The SMILES string of the molecule is Cc1nc2cc(OC[C@H](O)CN3CCN(Cc4noc(-c5ccc(C(C)C)cc5)n4)CC3)ccc2s1. The maximum absolute atomic E-state index is 10.5. The number of aryl methyl sites for hydroxylation is 1. The molecule has 1 aliphatic rings. The summed E-state index contributed by atoms with van der Waals surface area (Å²) in [6, 6.07) is 14.2. The molecule has 1 saturated heterocycles. The number of nitrogens with zero attached hydrogens (tertiary/aromatic N) is 5. The van der Waals surface area contributed by atoms with Crippen LogP contribution in [0.1, 0.15) is 36.2 Å². The second kappa shape index (κ2) is 11.0. The lowest BCUT2D eigenvalue weighted by molar-refractivity contribution is 0.0440. The largest absolute Gasteiger partial charge is 0.491 e. The maximum atomic E-state index is 10.5. The van der Waals surface area contributed by atoms with Gasteiger partial charge in [-0.25, -0.2) is 4.98 Å². The number of fused-ring (bicyclic) bond motifs is 1. The third-order valence-corrected chi connectivity index (χ3v) is 7.45. The Labute approximate surface area is 215 Å². The van der Waals surface area contributed by atoms with Crippen LogP contribution >= 0.6 is 11.3 Å². The fourth-order valence-corrected chi connectivity index (χ4v) is 5.24. The molecule has 8 nitrogen and oxygen atoms in total. The molecule has 1 N–H and O–H groups in total. The summed E-state index contributed by atoms with van der Waals surface area (Å²) in [5.74, 6) is 2.50. The Balaban J connectivity index is 1.05. The highest BCUT2D eigenvalue weighted by Crippen LogP contribution is 2.26. The number of aliphatic hydroxyl groups is 1. The minimum absolute atomic E-state index is 0.263. The van der Waals surface area contributed by atoms with E-state index in [1.54, 1.807) is 11.3 Å². The molecule has 190 valence electrons. The predicted octanol–water partition coefficient (Wildman–Crippen LogP) is 4.34. The average molecular weight is 508 g/mol. The Morgan fingerprint density at radius 2 is 1.78 bits per heavy atom. The third-order valence-electron chi connectivity index (χ3n) is 6.50. The lowest BCUT2D eigenvalue weighted by atomic mass is 10.0. The van der Waals surface area contributed by atoms with E-state index in [1.165, 1.54) is 5.56 Å². The van der Waals surface area contributed by atoms with Gasteiger partial charge < -0.3 is 14.4 Å². The topological polar surface area (TPSA) is 87.8 Å². The molecule has 0 bridgehead atoms. The van der Waals surface area contributed by atoms with Gasteiger partial charge in [0.05, 0.1) is 21.8 Å². The molecule has 0 radical (unpaired) electrons. The summed E-state index contributed by atoms with van der Waals surface area (Å²) in [5.41, 5.74) is 3.18. The number of benzene rings is 2. The Kier molecular flexibility index (Phi) is 7.62. The van der Waals surface area contributed by atoms with Crippen molar-refractivity contribution < 1.29 is 14.4 Å². The van der Waals surface area contributed by atoms with Crippen LogP contribution in [0.3, 0.4) is 0 Å². The van der Waals surface area contributed by atoms with E-state index in [0.717, 1.165) is 52.7 Å². The molecule has 1 aliphatic heterocycles. The molecule has 0 spiro atoms. The van der Waals surface area contributed by atoms with Gasteiger partial charge in [0, 0.05) is 44.4 Å². The van der Waals surface area contributed by atoms with E-state index in [2.05, 4.69) is 50.9 Å². The minimum Gasteiger partial charge on any atom is -0.491 e. The van der Waals surface area contributed by atoms with Crippen molar-refractivity contribution in [3.63, 3.8) is 0 Å². The van der Waals surface area contributed by atoms with E-state index < -0.39 is 6.10 Å². The maximum Gasteiger partial charge on any atom is 0.257 e. The van der Waals surface area contributed by atoms with Gasteiger partial charge in [0.25, 0.3) is 5.89 Å². The molecule has 2 aromatic heterocycles. The molecule has 0 aliphatic carbocycles. The Hall–Kier alpha value is -2.85. The number of β-amino-alcohol motifs (C(OH)–C–C–N with tert-alkyl or cyclic N) is 1. The first kappa shape index (κ1) is 24.8. The number of rotatable bonds is 9. The standard InChI is InChI=1S/C27H33N5O3S/c1-18(2)20-4-6-21(7-5-20)27-29-26(30-35-27)16-32-12-10-31(11-13-32)15-22(33)17-34-23-8-9-25-24(14-23)28-19(3)36-25/h4-9,14,18,22,33H,10-13,15-17H2,1-3H3/t22-/m1/s1. The van der Waals surface area contributed by atoms with E-state index in [0.29, 0.717) is 30.7 Å². The van der Waals surface area contributed by atoms with E-state index in [1.807, 2.05) is 37.3 Å². The Bertz CT molecular complexity index is 1280. The fourth-order valence-electron chi connectivity index (χ4n) is 4.43. The first-order chi connectivity index (χ1) is 17.4. The van der Waals surface area contributed by atoms with Crippen molar-refractivity contribution in [1.29, 1.82) is 0 Å². The molecule has 0 saturated carbocycles. The summed E-state index contributed by atoms with van der Waals surface area (Å²) in [4.78, 5) is 13.7. The number of hydrogen-bond acceptors (Lipinski definition) is 9. The van der Waals surface area contributed by atoms with Crippen LogP contribution in [0.15, 0.2) is 47.0 Å². The molecular weight excluding hydrogens is 474 g/mol. The van der Waals surface area contributed by atoms with Gasteiger partial charge in [0.15, 0.2) is 5.82 Å². The normalized spacial score (nSPS) is 16.1. The van der Waals surface area contributed by atoms with Crippen molar-refractivity contribution in [2.45, 2.75) is 39.3 Å². The van der Waals surface area contributed by atoms with Gasteiger partial charge in [-0.2, -0.15) is 4.98 Å². The van der Waals surface area contributed by atoms with Crippen LogP contribution in [0.25, 0.3) is 21.7 Å². The molecule has 4 aromatic rings. The highest BCUT2D eigenvalue weighted by Gasteiger charge is 2.21. The van der Waals surface area contributed by atoms with Gasteiger partial charge in [-0.15, -0.1) is 11.3 Å². The number of ether oxygens (including phenoxy) is 1. The molecule has 3 heterocycles. The van der Waals surface area contributed by atoms with Crippen molar-refractivity contribution >= 4 is 21.6 Å². The van der Waals surface area contributed by atoms with Crippen molar-refractivity contribution in [3.05, 3.63) is 58.9 Å². The zero-order valence-corrected chi connectivity index (χ0v) is 21.9. The van der Waals surface area contributed by atoms with Crippen LogP contribution in [-0.4, -0.2) is 75.5 Å². The number of aromatic nitrogens is 3. The molecule has 1 fully saturated rings. The lowest BCUT2D eigenvalue weighted by Gasteiger charge is -2.34. The minimum atomic E-state index is -0.550. The van der Waals surface area contributed by atoms with Gasteiger partial charge in [0.2, 0.25) is 0 Å². The Morgan fingerprint density at radius 1 is 1.03 bits per heavy atom. The molecule has 36 heavy (non-hydrogen) atoms. The van der Waals surface area contributed by atoms with Crippen LogP contribution in [0.2, 0.25) is 0 Å². The molecule has 5 rings (SSSR count). The molecule has 9 heteroatoms. The van der Waals surface area contributed by atoms with Crippen LogP contribution in [0, 0.1) is 6.92 Å². The first-order valence-corrected chi connectivity index (χ1v) is 13.3. The molecule has 0 unspecified atom stereocenters. The van der Waals surface area contributed by atoms with Crippen molar-refractivity contribution in [1.82, 2.24) is 24.9 Å². The number of thiazole rings is 1. The second-order valence-corrected chi connectivity index (χ2v) is 10.9. The lowest BCUT2D eigenvalue weighted by Crippen LogP contribution is -2.48. The monoisotopic (exact) mass is 507 g/mol. The number of hydrogen-bond donors (Lipinski definition) is 1. The van der Waals surface area contributed by atoms with E-state index >= 15 is 0 Å². The summed E-state index contributed by atoms with van der Waals surface area (Å²) in [6.45, 7) is 11.4. The van der Waals surface area contributed by atoms with E-state index in [9.17, 15) is 5.11 Å². The zero-order valence-electron chi connectivity index (χ0n) is 21.1. The smallest absolute Gasteiger partial charge is 0.257 e. The first-order valence-electron chi connectivity index (χ1n) is 12.5. The summed E-state index contributed by atoms with van der Waals surface area (Å²) >= 11 is 1.67. The third kappa shape index (κ3) is 6.10. The molecule has 1 atom stereocenters. The van der Waals surface area contributed by atoms with E-state index in [4.69, 9.17) is 9.26 Å². The van der Waals surface area contributed by atoms with Gasteiger partial charge in [-0.3, -0.25) is 9.80 Å². The highest BCUT2D eigenvalue weighted by atomic mass is 32.1. The van der Waals surface area contributed by atoms with Gasteiger partial charge in [-0.05, 0) is 42.7 Å². The van der Waals surface area contributed by atoms with Crippen LogP contribution in [0.4, 0.5) is 0 Å². The van der Waals surface area contributed by atoms with Gasteiger partial charge >= 0.3 is 0 Å². The summed E-state index contributed by atoms with van der Waals surface area (Å²) in [7, 11) is 0. The quantitative estimate of drug-likeness (QED) is 0.358. The van der Waals surface area contributed by atoms with Crippen LogP contribution < -0.4 is 4.74 Å². The van der Waals surface area contributed by atoms with Crippen molar-refractivity contribution in [3.8, 4) is 17.2 Å². The van der Waals surface area contributed by atoms with Crippen molar-refractivity contribution in [2.24, 2.45) is 0 Å². The zero-order chi connectivity index (χ0) is 25.1. The predicted molar refractivity (Wildman–Crippen MR) is 141 cm³/mol. The van der Waals surface area contributed by atoms with Gasteiger partial charge in [-0.1, -0.05) is 31.1 Å². The summed E-state index contributed by atoms with van der Waals surface area (Å²) in [5, 5.41) is 15.7. The van der Waals surface area contributed by atoms with Gasteiger partial charge in [0.1, 0.15) is 18.5 Å². The van der Waals surface area contributed by atoms with Crippen LogP contribution in [-0.2, 0) is 6.54 Å². The van der Waals surface area contributed by atoms with E-state index in [-0.39, 0.29) is 6.61 Å². The molecular formula is C27H33N5O3S. The molecule has 0 amide bonds. The number of aliphatic hydroxyl groups excluding tert-OH is 1. The van der Waals surface area contributed by atoms with Crippen molar-refractivity contribution in [2.75, 3.05) is 39.3 Å². The average Bonchev–Trinajstić information content (AvgIpc) is 3.49. The summed E-state index contributed by atoms with van der Waals surface area (Å²) < 4.78 is 12.5. The Morgan fingerprint density at radius 3 is 2.53 bits per heavy atom. The molecule has 2 aromatic carbocycles. The summed E-state index contributed by atoms with van der Waals surface area (Å²) in [6.07, 6.45) is -0.550. The fraction of sp³-hybridized carbons (Fsp3) is 0.444. The second-order valence-electron chi connectivity index (χ2n) is 9.70. The highest BCUT2D eigenvalue weighted by molar-refractivity contribution is 7.18.